The van der Waals surface area contributed by atoms with Crippen molar-refractivity contribution in [3.63, 3.8) is 0 Å². The van der Waals surface area contributed by atoms with E-state index in [0.717, 1.165) is 29.2 Å². The fraction of sp³-hybridized carbons (Fsp3) is 0.0526. The molecule has 21 heavy (non-hydrogen) atoms. The van der Waals surface area contributed by atoms with Crippen LogP contribution in [0.4, 0.5) is 22.7 Å². The minimum atomic E-state index is 0.963. The molecule has 2 heteroatoms. The predicted molar refractivity (Wildman–Crippen MR) is 88.7 cm³/mol. The van der Waals surface area contributed by atoms with Gasteiger partial charge in [0.05, 0.1) is 0 Å². The monoisotopic (exact) mass is 272 g/mol. The van der Waals surface area contributed by atoms with Crippen molar-refractivity contribution < 1.29 is 0 Å². The molecule has 0 spiro atoms. The molecule has 102 valence electrons. The third kappa shape index (κ3) is 2.61. The fourth-order valence-corrected chi connectivity index (χ4v) is 2.62. The van der Waals surface area contributed by atoms with Crippen LogP contribution < -0.4 is 10.6 Å². The molecule has 0 radical (unpaired) electrons. The molecule has 2 N–H and O–H groups in total. The molecule has 0 saturated heterocycles. The van der Waals surface area contributed by atoms with Crippen molar-refractivity contribution >= 4 is 22.7 Å². The fourth-order valence-electron chi connectivity index (χ4n) is 2.62. The van der Waals surface area contributed by atoms with E-state index in [4.69, 9.17) is 0 Å². The summed E-state index contributed by atoms with van der Waals surface area (Å²) in [6, 6.07) is 25.6. The summed E-state index contributed by atoms with van der Waals surface area (Å²) < 4.78 is 0. The van der Waals surface area contributed by atoms with E-state index >= 15 is 0 Å². The van der Waals surface area contributed by atoms with Crippen molar-refractivity contribution in [1.82, 2.24) is 0 Å². The topological polar surface area (TPSA) is 24.1 Å². The molecule has 6 aliphatic heterocycles. The van der Waals surface area contributed by atoms with Crippen LogP contribution in [-0.4, -0.2) is 0 Å². The lowest BCUT2D eigenvalue weighted by Gasteiger charge is -2.09. The van der Waals surface area contributed by atoms with E-state index in [0.29, 0.717) is 0 Å². The van der Waals surface area contributed by atoms with Crippen LogP contribution in [-0.2, 0) is 6.42 Å². The van der Waals surface area contributed by atoms with Crippen LogP contribution in [0.15, 0.2) is 72.8 Å². The maximum absolute atomic E-state index is 3.42. The summed E-state index contributed by atoms with van der Waals surface area (Å²) in [5.41, 5.74) is 7.07. The summed E-state index contributed by atoms with van der Waals surface area (Å²) in [6.45, 7) is 0. The first-order valence-corrected chi connectivity index (χ1v) is 7.17. The molecule has 6 aliphatic rings. The van der Waals surface area contributed by atoms with Crippen molar-refractivity contribution in [3.05, 3.63) is 83.9 Å². The maximum atomic E-state index is 3.42. The molecular weight excluding hydrogens is 256 g/mol. The van der Waals surface area contributed by atoms with Gasteiger partial charge in [0, 0.05) is 22.7 Å². The van der Waals surface area contributed by atoms with Gasteiger partial charge in [-0.25, -0.2) is 0 Å². The zero-order valence-electron chi connectivity index (χ0n) is 11.6. The number of anilines is 4. The Balaban J connectivity index is 1.81. The zero-order valence-corrected chi connectivity index (χ0v) is 11.6. The minimum absolute atomic E-state index is 0.963. The van der Waals surface area contributed by atoms with Crippen molar-refractivity contribution in [2.24, 2.45) is 0 Å². The predicted octanol–water partition coefficient (Wildman–Crippen LogP) is 5.08. The molecule has 2 nitrogen and oxygen atoms in total. The summed E-state index contributed by atoms with van der Waals surface area (Å²) in [4.78, 5) is 0. The molecule has 9 rings (SSSR count). The Morgan fingerprint density at radius 1 is 0.429 bits per heavy atom. The first-order valence-electron chi connectivity index (χ1n) is 7.17. The molecule has 6 bridgehead atoms. The Hall–Kier alpha value is -2.74. The Morgan fingerprint density at radius 2 is 0.714 bits per heavy atom. The second-order valence-electron chi connectivity index (χ2n) is 5.40. The molecule has 6 heterocycles. The Kier molecular flexibility index (Phi) is 2.86. The average molecular weight is 272 g/mol. The molecular formula is C19H16N2. The SMILES string of the molecule is c1cc2ccc1Cc1ccc(cc1)Nc1ccc(cc1)N2. The van der Waals surface area contributed by atoms with Gasteiger partial charge in [0.25, 0.3) is 0 Å². The lowest BCUT2D eigenvalue weighted by Crippen LogP contribution is -1.92. The molecule has 0 aliphatic carbocycles. The minimum Gasteiger partial charge on any atom is -0.356 e. The number of benzene rings is 3. The van der Waals surface area contributed by atoms with Crippen LogP contribution in [0.25, 0.3) is 0 Å². The summed E-state index contributed by atoms with van der Waals surface area (Å²) in [6.07, 6.45) is 0.963. The van der Waals surface area contributed by atoms with E-state index < -0.39 is 0 Å². The third-order valence-electron chi connectivity index (χ3n) is 3.78. The van der Waals surface area contributed by atoms with E-state index in [1.54, 1.807) is 0 Å². The van der Waals surface area contributed by atoms with Crippen LogP contribution in [0.5, 0.6) is 0 Å². The summed E-state index contributed by atoms with van der Waals surface area (Å²) in [5.74, 6) is 0. The maximum Gasteiger partial charge on any atom is 0.0385 e. The number of hydrogen-bond acceptors (Lipinski definition) is 2. The van der Waals surface area contributed by atoms with Crippen LogP contribution in [0.2, 0.25) is 0 Å². The van der Waals surface area contributed by atoms with Crippen LogP contribution in [0.1, 0.15) is 11.1 Å². The highest BCUT2D eigenvalue weighted by molar-refractivity contribution is 5.66. The number of nitrogens with one attached hydrogen (secondary N) is 2. The van der Waals surface area contributed by atoms with Crippen molar-refractivity contribution in [2.45, 2.75) is 6.42 Å². The quantitative estimate of drug-likeness (QED) is 0.466. The highest BCUT2D eigenvalue weighted by Crippen LogP contribution is 2.24. The van der Waals surface area contributed by atoms with Crippen LogP contribution in [0, 0.1) is 0 Å². The first kappa shape index (κ1) is 12.0. The van der Waals surface area contributed by atoms with Crippen molar-refractivity contribution in [1.29, 1.82) is 0 Å². The van der Waals surface area contributed by atoms with Gasteiger partial charge in [0.1, 0.15) is 0 Å². The van der Waals surface area contributed by atoms with E-state index in [9.17, 15) is 0 Å². The molecule has 0 atom stereocenters. The molecule has 0 saturated carbocycles. The smallest absolute Gasteiger partial charge is 0.0385 e. The summed E-state index contributed by atoms with van der Waals surface area (Å²) >= 11 is 0. The summed E-state index contributed by atoms with van der Waals surface area (Å²) in [5, 5.41) is 6.85. The Morgan fingerprint density at radius 3 is 1.05 bits per heavy atom. The standard InChI is InChI=1S/C19H16N2/c1-5-16-6-2-14(1)13-15-3-7-17(8-4-15)21-19-11-9-18(20-16)10-12-19/h1-12,20-21H,13H2. The van der Waals surface area contributed by atoms with E-state index in [1.807, 2.05) is 0 Å². The third-order valence-corrected chi connectivity index (χ3v) is 3.78. The van der Waals surface area contributed by atoms with Crippen molar-refractivity contribution in [3.8, 4) is 0 Å². The van der Waals surface area contributed by atoms with Gasteiger partial charge in [0.2, 0.25) is 0 Å². The second-order valence-corrected chi connectivity index (χ2v) is 5.40. The molecule has 0 fully saturated rings. The van der Waals surface area contributed by atoms with Gasteiger partial charge in [-0.05, 0) is 66.1 Å². The number of hydrogen-bond donors (Lipinski definition) is 2. The normalized spacial score (nSPS) is 12.4. The molecule has 0 aromatic heterocycles. The molecule has 0 amide bonds. The van der Waals surface area contributed by atoms with E-state index in [1.165, 1.54) is 11.1 Å². The van der Waals surface area contributed by atoms with Crippen LogP contribution >= 0.6 is 0 Å². The number of rotatable bonds is 0. The second kappa shape index (κ2) is 4.98. The van der Waals surface area contributed by atoms with Gasteiger partial charge in [-0.1, -0.05) is 24.3 Å². The van der Waals surface area contributed by atoms with Crippen LogP contribution in [0.3, 0.4) is 0 Å². The lowest BCUT2D eigenvalue weighted by atomic mass is 10.0. The molecule has 0 unspecified atom stereocenters. The Labute approximate surface area is 124 Å². The lowest BCUT2D eigenvalue weighted by molar-refractivity contribution is 1.19. The van der Waals surface area contributed by atoms with Gasteiger partial charge >= 0.3 is 0 Å². The zero-order chi connectivity index (χ0) is 14.1. The molecule has 3 aromatic carbocycles. The van der Waals surface area contributed by atoms with Crippen molar-refractivity contribution in [2.75, 3.05) is 10.6 Å². The van der Waals surface area contributed by atoms with Gasteiger partial charge in [-0.15, -0.1) is 0 Å². The molecule has 3 aromatic rings. The van der Waals surface area contributed by atoms with Gasteiger partial charge in [0.15, 0.2) is 0 Å². The largest absolute Gasteiger partial charge is 0.356 e. The Bertz CT molecular complexity index is 570. The first-order chi connectivity index (χ1) is 10.3. The van der Waals surface area contributed by atoms with Gasteiger partial charge in [-0.3, -0.25) is 0 Å². The highest BCUT2D eigenvalue weighted by Gasteiger charge is 2.02. The average Bonchev–Trinajstić information content (AvgIpc) is 2.55. The van der Waals surface area contributed by atoms with E-state index in [2.05, 4.69) is 83.4 Å². The van der Waals surface area contributed by atoms with Gasteiger partial charge < -0.3 is 10.6 Å². The van der Waals surface area contributed by atoms with E-state index in [-0.39, 0.29) is 0 Å². The van der Waals surface area contributed by atoms with Gasteiger partial charge in [-0.2, -0.15) is 0 Å². The summed E-state index contributed by atoms with van der Waals surface area (Å²) in [7, 11) is 0. The highest BCUT2D eigenvalue weighted by atomic mass is 14.9.